The van der Waals surface area contributed by atoms with Crippen molar-refractivity contribution in [2.24, 2.45) is 5.92 Å². The number of furan rings is 1. The van der Waals surface area contributed by atoms with E-state index in [0.29, 0.717) is 12.3 Å². The number of benzene rings is 1. The molecule has 1 aromatic heterocycles. The molecule has 4 nitrogen and oxygen atoms in total. The zero-order valence-electron chi connectivity index (χ0n) is 12.4. The fourth-order valence-corrected chi connectivity index (χ4v) is 2.25. The van der Waals surface area contributed by atoms with Crippen LogP contribution in [-0.2, 0) is 0 Å². The molecule has 0 aliphatic carbocycles. The van der Waals surface area contributed by atoms with Crippen molar-refractivity contribution in [2.45, 2.75) is 26.4 Å². The first-order valence-corrected chi connectivity index (χ1v) is 7.17. The molecule has 0 saturated heterocycles. The molecule has 0 spiro atoms. The molecule has 112 valence electrons. The van der Waals surface area contributed by atoms with Crippen molar-refractivity contribution < 1.29 is 14.3 Å². The van der Waals surface area contributed by atoms with Crippen LogP contribution >= 0.6 is 0 Å². The van der Waals surface area contributed by atoms with E-state index in [1.165, 1.54) is 6.26 Å². The zero-order chi connectivity index (χ0) is 15.2. The highest BCUT2D eigenvalue weighted by molar-refractivity contribution is 5.98. The number of aliphatic hydroxyl groups is 1. The number of nitrogens with one attached hydrogen (secondary N) is 1. The van der Waals surface area contributed by atoms with Crippen LogP contribution in [0.15, 0.2) is 47.1 Å². The molecule has 2 aromatic rings. The summed E-state index contributed by atoms with van der Waals surface area (Å²) in [5.74, 6) is 0.361. The molecule has 2 rings (SSSR count). The van der Waals surface area contributed by atoms with Gasteiger partial charge in [0.25, 0.3) is 5.91 Å². The van der Waals surface area contributed by atoms with Gasteiger partial charge in [0.15, 0.2) is 5.76 Å². The summed E-state index contributed by atoms with van der Waals surface area (Å²) in [6, 6.07) is 11.4. The molecule has 0 radical (unpaired) electrons. The van der Waals surface area contributed by atoms with Gasteiger partial charge in [-0.25, -0.2) is 0 Å². The molecule has 2 N–H and O–H groups in total. The van der Waals surface area contributed by atoms with E-state index in [4.69, 9.17) is 4.42 Å². The second-order valence-electron chi connectivity index (χ2n) is 5.52. The molecule has 1 amide bonds. The van der Waals surface area contributed by atoms with E-state index in [1.807, 2.05) is 44.2 Å². The average Bonchev–Trinajstić information content (AvgIpc) is 2.94. The summed E-state index contributed by atoms with van der Waals surface area (Å²) in [5, 5.41) is 12.5. The second-order valence-corrected chi connectivity index (χ2v) is 5.52. The van der Waals surface area contributed by atoms with Crippen LogP contribution in [0.2, 0.25) is 0 Å². The van der Waals surface area contributed by atoms with Crippen molar-refractivity contribution in [3.8, 4) is 11.1 Å². The third-order valence-corrected chi connectivity index (χ3v) is 3.20. The third-order valence-electron chi connectivity index (χ3n) is 3.20. The smallest absolute Gasteiger partial charge is 0.287 e. The Labute approximate surface area is 124 Å². The normalized spacial score (nSPS) is 12.4. The lowest BCUT2D eigenvalue weighted by molar-refractivity contribution is 0.0874. The molecular formula is C17H21NO3. The van der Waals surface area contributed by atoms with Gasteiger partial charge in [-0.3, -0.25) is 4.79 Å². The Balaban J connectivity index is 2.03. The molecule has 0 saturated carbocycles. The monoisotopic (exact) mass is 287 g/mol. The number of amides is 1. The van der Waals surface area contributed by atoms with Gasteiger partial charge in [0.1, 0.15) is 0 Å². The van der Waals surface area contributed by atoms with Gasteiger partial charge in [-0.15, -0.1) is 0 Å². The molecule has 0 aliphatic heterocycles. The van der Waals surface area contributed by atoms with Crippen molar-refractivity contribution in [3.05, 3.63) is 48.4 Å². The molecule has 1 unspecified atom stereocenters. The lowest BCUT2D eigenvalue weighted by Gasteiger charge is -2.13. The Morgan fingerprint density at radius 3 is 2.62 bits per heavy atom. The number of carbonyl (C=O) groups excluding carboxylic acids is 1. The predicted molar refractivity (Wildman–Crippen MR) is 81.9 cm³/mol. The molecule has 0 fully saturated rings. The summed E-state index contributed by atoms with van der Waals surface area (Å²) in [5.41, 5.74) is 1.69. The summed E-state index contributed by atoms with van der Waals surface area (Å²) in [6.45, 7) is 4.29. The summed E-state index contributed by atoms with van der Waals surface area (Å²) in [4.78, 5) is 12.2. The largest absolute Gasteiger partial charge is 0.459 e. The van der Waals surface area contributed by atoms with Crippen molar-refractivity contribution in [3.63, 3.8) is 0 Å². The third kappa shape index (κ3) is 4.20. The Morgan fingerprint density at radius 1 is 1.24 bits per heavy atom. The highest BCUT2D eigenvalue weighted by atomic mass is 16.3. The lowest BCUT2D eigenvalue weighted by atomic mass is 10.1. The first kappa shape index (κ1) is 15.3. The number of aliphatic hydroxyl groups excluding tert-OH is 1. The maximum atomic E-state index is 12.2. The standard InChI is InChI=1S/C17H21NO3/c1-12(2)10-14(19)11-18-17(20)16-15(8-9-21-16)13-6-4-3-5-7-13/h3-9,12,14,19H,10-11H2,1-2H3,(H,18,20). The van der Waals surface area contributed by atoms with E-state index in [1.54, 1.807) is 6.07 Å². The van der Waals surface area contributed by atoms with Gasteiger partial charge in [0.05, 0.1) is 12.4 Å². The predicted octanol–water partition coefficient (Wildman–Crippen LogP) is 3.08. The summed E-state index contributed by atoms with van der Waals surface area (Å²) in [7, 11) is 0. The van der Waals surface area contributed by atoms with Gasteiger partial charge in [0, 0.05) is 12.1 Å². The maximum absolute atomic E-state index is 12.2. The van der Waals surface area contributed by atoms with Crippen molar-refractivity contribution in [1.82, 2.24) is 5.32 Å². The van der Waals surface area contributed by atoms with Crippen molar-refractivity contribution in [1.29, 1.82) is 0 Å². The first-order chi connectivity index (χ1) is 10.1. The molecule has 4 heteroatoms. The highest BCUT2D eigenvalue weighted by Crippen LogP contribution is 2.24. The van der Waals surface area contributed by atoms with Crippen molar-refractivity contribution >= 4 is 5.91 Å². The number of hydrogen-bond donors (Lipinski definition) is 2. The topological polar surface area (TPSA) is 62.5 Å². The van der Waals surface area contributed by atoms with E-state index in [9.17, 15) is 9.90 Å². The molecule has 1 atom stereocenters. The van der Waals surface area contributed by atoms with Crippen LogP contribution in [0.1, 0.15) is 30.8 Å². The Hall–Kier alpha value is -2.07. The minimum absolute atomic E-state index is 0.228. The molecule has 1 aromatic carbocycles. The van der Waals surface area contributed by atoms with Gasteiger partial charge in [-0.2, -0.15) is 0 Å². The average molecular weight is 287 g/mol. The van der Waals surface area contributed by atoms with Crippen LogP contribution in [-0.4, -0.2) is 23.7 Å². The highest BCUT2D eigenvalue weighted by Gasteiger charge is 2.17. The molecular weight excluding hydrogens is 266 g/mol. The quantitative estimate of drug-likeness (QED) is 0.858. The minimum atomic E-state index is -0.538. The number of carbonyl (C=O) groups is 1. The van der Waals surface area contributed by atoms with E-state index in [2.05, 4.69) is 5.32 Å². The second kappa shape index (κ2) is 7.09. The number of hydrogen-bond acceptors (Lipinski definition) is 3. The number of rotatable bonds is 6. The van der Waals surface area contributed by atoms with Crippen LogP contribution in [0.5, 0.6) is 0 Å². The molecule has 0 aliphatic rings. The van der Waals surface area contributed by atoms with Gasteiger partial charge < -0.3 is 14.8 Å². The van der Waals surface area contributed by atoms with Crippen molar-refractivity contribution in [2.75, 3.05) is 6.54 Å². The van der Waals surface area contributed by atoms with E-state index >= 15 is 0 Å². The molecule has 1 heterocycles. The van der Waals surface area contributed by atoms with Crippen LogP contribution < -0.4 is 5.32 Å². The van der Waals surface area contributed by atoms with Crippen LogP contribution in [0.3, 0.4) is 0 Å². The van der Waals surface area contributed by atoms with Gasteiger partial charge in [-0.05, 0) is 24.0 Å². The van der Waals surface area contributed by atoms with E-state index < -0.39 is 6.10 Å². The minimum Gasteiger partial charge on any atom is -0.459 e. The fourth-order valence-electron chi connectivity index (χ4n) is 2.25. The summed E-state index contributed by atoms with van der Waals surface area (Å²) >= 11 is 0. The van der Waals surface area contributed by atoms with Gasteiger partial charge in [0.2, 0.25) is 0 Å². The lowest BCUT2D eigenvalue weighted by Crippen LogP contribution is -2.32. The Kier molecular flexibility index (Phi) is 5.17. The van der Waals surface area contributed by atoms with Crippen LogP contribution in [0.4, 0.5) is 0 Å². The summed E-state index contributed by atoms with van der Waals surface area (Å²) < 4.78 is 5.30. The first-order valence-electron chi connectivity index (χ1n) is 7.17. The Morgan fingerprint density at radius 2 is 1.95 bits per heavy atom. The van der Waals surface area contributed by atoms with Gasteiger partial charge in [-0.1, -0.05) is 44.2 Å². The van der Waals surface area contributed by atoms with Crippen LogP contribution in [0.25, 0.3) is 11.1 Å². The van der Waals surface area contributed by atoms with E-state index in [-0.39, 0.29) is 18.2 Å². The molecule has 0 bridgehead atoms. The van der Waals surface area contributed by atoms with E-state index in [0.717, 1.165) is 11.1 Å². The zero-order valence-corrected chi connectivity index (χ0v) is 12.4. The fraction of sp³-hybridized carbons (Fsp3) is 0.353. The van der Waals surface area contributed by atoms with Gasteiger partial charge >= 0.3 is 0 Å². The summed E-state index contributed by atoms with van der Waals surface area (Å²) in [6.07, 6.45) is 1.62. The Bertz CT molecular complexity index is 575. The van der Waals surface area contributed by atoms with Crippen LogP contribution in [0, 0.1) is 5.92 Å². The SMILES string of the molecule is CC(C)CC(O)CNC(=O)c1occc1-c1ccccc1. The molecule has 21 heavy (non-hydrogen) atoms. The maximum Gasteiger partial charge on any atom is 0.287 e.